The normalized spacial score (nSPS) is 13.8. The predicted octanol–water partition coefficient (Wildman–Crippen LogP) is 2.00. The molecule has 0 amide bonds. The molecule has 108 valence electrons. The summed E-state index contributed by atoms with van der Waals surface area (Å²) in [7, 11) is 0. The molecule has 0 aliphatic heterocycles. The lowest BCUT2D eigenvalue weighted by molar-refractivity contribution is 0.177. The number of hydrogen-bond acceptors (Lipinski definition) is 3. The van der Waals surface area contributed by atoms with E-state index in [-0.39, 0.29) is 5.41 Å². The van der Waals surface area contributed by atoms with E-state index in [0.29, 0.717) is 19.0 Å². The maximum atomic E-state index is 9.44. The minimum absolute atomic E-state index is 0.0455. The highest BCUT2D eigenvalue weighted by molar-refractivity contribution is 5.29. The Kier molecular flexibility index (Phi) is 5.98. The van der Waals surface area contributed by atoms with E-state index in [1.54, 1.807) is 0 Å². The Hall–Kier alpha value is -0.900. The quantitative estimate of drug-likeness (QED) is 0.706. The van der Waals surface area contributed by atoms with E-state index in [4.69, 9.17) is 5.73 Å². The summed E-state index contributed by atoms with van der Waals surface area (Å²) in [6.07, 6.45) is -0.459. The molecule has 1 aromatic carbocycles. The van der Waals surface area contributed by atoms with Crippen molar-refractivity contribution in [2.24, 2.45) is 5.73 Å². The largest absolute Gasteiger partial charge is 0.390 e. The lowest BCUT2D eigenvalue weighted by Crippen LogP contribution is -2.39. The molecule has 0 aromatic heterocycles. The van der Waals surface area contributed by atoms with Crippen LogP contribution < -0.4 is 11.1 Å². The molecule has 0 aliphatic rings. The minimum atomic E-state index is -0.459. The summed E-state index contributed by atoms with van der Waals surface area (Å²) >= 11 is 0. The molecule has 1 aromatic rings. The van der Waals surface area contributed by atoms with Gasteiger partial charge in [-0.25, -0.2) is 0 Å². The van der Waals surface area contributed by atoms with Crippen molar-refractivity contribution in [3.8, 4) is 0 Å². The van der Waals surface area contributed by atoms with Gasteiger partial charge in [0, 0.05) is 25.0 Å². The van der Waals surface area contributed by atoms with Crippen LogP contribution in [0.15, 0.2) is 24.3 Å². The molecule has 0 fully saturated rings. The van der Waals surface area contributed by atoms with Crippen molar-refractivity contribution in [1.29, 1.82) is 0 Å². The van der Waals surface area contributed by atoms with Gasteiger partial charge in [-0.2, -0.15) is 0 Å². The van der Waals surface area contributed by atoms with E-state index in [1.165, 1.54) is 11.1 Å². The van der Waals surface area contributed by atoms with Crippen LogP contribution in [-0.2, 0) is 5.41 Å². The van der Waals surface area contributed by atoms with Crippen LogP contribution in [0.4, 0.5) is 0 Å². The van der Waals surface area contributed by atoms with Gasteiger partial charge >= 0.3 is 0 Å². The molecule has 0 radical (unpaired) electrons. The third-order valence-electron chi connectivity index (χ3n) is 3.58. The number of rotatable bonds is 7. The molecular formula is C16H28N2O. The van der Waals surface area contributed by atoms with E-state index in [1.807, 2.05) is 0 Å². The fourth-order valence-electron chi connectivity index (χ4n) is 2.06. The highest BCUT2D eigenvalue weighted by Crippen LogP contribution is 2.24. The Labute approximate surface area is 117 Å². The molecule has 1 atom stereocenters. The summed E-state index contributed by atoms with van der Waals surface area (Å²) in [5.74, 6) is 0.565. The van der Waals surface area contributed by atoms with Gasteiger partial charge in [0.25, 0.3) is 0 Å². The predicted molar refractivity (Wildman–Crippen MR) is 81.5 cm³/mol. The summed E-state index contributed by atoms with van der Waals surface area (Å²) in [5, 5.41) is 12.7. The number of aliphatic hydroxyl groups excluding tert-OH is 1. The molecule has 3 nitrogen and oxygen atoms in total. The zero-order valence-corrected chi connectivity index (χ0v) is 12.6. The number of hydrogen-bond donors (Lipinski definition) is 3. The van der Waals surface area contributed by atoms with Crippen molar-refractivity contribution in [3.05, 3.63) is 35.4 Å². The summed E-state index contributed by atoms with van der Waals surface area (Å²) in [6.45, 7) is 10.5. The molecule has 0 aliphatic carbocycles. The van der Waals surface area contributed by atoms with Crippen molar-refractivity contribution in [1.82, 2.24) is 5.32 Å². The average molecular weight is 264 g/mol. The molecule has 1 unspecified atom stereocenters. The van der Waals surface area contributed by atoms with E-state index in [2.05, 4.69) is 57.3 Å². The van der Waals surface area contributed by atoms with Crippen LogP contribution >= 0.6 is 0 Å². The first-order valence-corrected chi connectivity index (χ1v) is 7.06. The second-order valence-corrected chi connectivity index (χ2v) is 6.18. The molecule has 0 bridgehead atoms. The first kappa shape index (κ1) is 16.2. The second-order valence-electron chi connectivity index (χ2n) is 6.18. The zero-order chi connectivity index (χ0) is 14.5. The maximum Gasteiger partial charge on any atom is 0.0786 e. The molecule has 0 heterocycles. The molecule has 1 rings (SSSR count). The number of nitrogens with two attached hydrogens (primary N) is 1. The first-order chi connectivity index (χ1) is 8.86. The fourth-order valence-corrected chi connectivity index (χ4v) is 2.06. The van der Waals surface area contributed by atoms with E-state index in [0.717, 1.165) is 6.54 Å². The monoisotopic (exact) mass is 264 g/mol. The van der Waals surface area contributed by atoms with Crippen molar-refractivity contribution >= 4 is 0 Å². The molecule has 0 saturated carbocycles. The van der Waals surface area contributed by atoms with Crippen LogP contribution in [0.2, 0.25) is 0 Å². The van der Waals surface area contributed by atoms with Crippen LogP contribution in [0.1, 0.15) is 44.7 Å². The van der Waals surface area contributed by atoms with Crippen LogP contribution in [0.5, 0.6) is 0 Å². The lowest BCUT2D eigenvalue weighted by Gasteiger charge is -2.27. The van der Waals surface area contributed by atoms with Gasteiger partial charge in [0.2, 0.25) is 0 Å². The highest BCUT2D eigenvalue weighted by Gasteiger charge is 2.20. The van der Waals surface area contributed by atoms with Gasteiger partial charge in [-0.05, 0) is 17.0 Å². The number of aliphatic hydroxyl groups is 1. The van der Waals surface area contributed by atoms with Crippen LogP contribution in [0.25, 0.3) is 0 Å². The Balaban J connectivity index is 2.61. The van der Waals surface area contributed by atoms with Gasteiger partial charge in [0.05, 0.1) is 6.10 Å². The Morgan fingerprint density at radius 3 is 2.26 bits per heavy atom. The lowest BCUT2D eigenvalue weighted by atomic mass is 9.83. The maximum absolute atomic E-state index is 9.44. The smallest absolute Gasteiger partial charge is 0.0786 e. The van der Waals surface area contributed by atoms with Gasteiger partial charge < -0.3 is 16.2 Å². The first-order valence-electron chi connectivity index (χ1n) is 7.06. The van der Waals surface area contributed by atoms with Crippen molar-refractivity contribution in [3.63, 3.8) is 0 Å². The minimum Gasteiger partial charge on any atom is -0.390 e. The van der Waals surface area contributed by atoms with Crippen LogP contribution in [0.3, 0.4) is 0 Å². The molecule has 4 N–H and O–H groups in total. The van der Waals surface area contributed by atoms with Crippen LogP contribution in [0, 0.1) is 0 Å². The molecule has 0 saturated heterocycles. The van der Waals surface area contributed by atoms with Crippen molar-refractivity contribution in [2.45, 2.75) is 45.1 Å². The third-order valence-corrected chi connectivity index (χ3v) is 3.58. The van der Waals surface area contributed by atoms with E-state index < -0.39 is 6.10 Å². The van der Waals surface area contributed by atoms with Crippen molar-refractivity contribution in [2.75, 3.05) is 19.6 Å². The average Bonchev–Trinajstić information content (AvgIpc) is 2.38. The molecule has 3 heteroatoms. The van der Waals surface area contributed by atoms with Gasteiger partial charge in [-0.3, -0.25) is 0 Å². The van der Waals surface area contributed by atoms with Gasteiger partial charge in [-0.15, -0.1) is 0 Å². The highest BCUT2D eigenvalue weighted by atomic mass is 16.3. The van der Waals surface area contributed by atoms with E-state index >= 15 is 0 Å². The molecule has 19 heavy (non-hydrogen) atoms. The Morgan fingerprint density at radius 2 is 1.79 bits per heavy atom. The van der Waals surface area contributed by atoms with Crippen molar-refractivity contribution < 1.29 is 5.11 Å². The summed E-state index contributed by atoms with van der Waals surface area (Å²) in [5.41, 5.74) is 8.11. The number of benzene rings is 1. The Bertz CT molecular complexity index is 371. The third kappa shape index (κ3) is 4.94. The summed E-state index contributed by atoms with van der Waals surface area (Å²) in [6, 6.07) is 8.82. The van der Waals surface area contributed by atoms with Gasteiger partial charge in [-0.1, -0.05) is 52.0 Å². The van der Waals surface area contributed by atoms with Crippen LogP contribution in [-0.4, -0.2) is 30.8 Å². The zero-order valence-electron chi connectivity index (χ0n) is 12.6. The topological polar surface area (TPSA) is 58.3 Å². The Morgan fingerprint density at radius 1 is 1.21 bits per heavy atom. The summed E-state index contributed by atoms with van der Waals surface area (Å²) < 4.78 is 0. The fraction of sp³-hybridized carbons (Fsp3) is 0.625. The molecule has 0 spiro atoms. The van der Waals surface area contributed by atoms with Gasteiger partial charge in [0.15, 0.2) is 0 Å². The standard InChI is InChI=1S/C16H28N2O/c1-12(2)13-5-7-14(8-6-13)16(3,4)11-18-10-15(19)9-17/h5-8,12,15,18-19H,9-11,17H2,1-4H3. The van der Waals surface area contributed by atoms with E-state index in [9.17, 15) is 5.11 Å². The molecular weight excluding hydrogens is 236 g/mol. The number of nitrogens with one attached hydrogen (secondary N) is 1. The van der Waals surface area contributed by atoms with Gasteiger partial charge in [0.1, 0.15) is 0 Å². The second kappa shape index (κ2) is 7.04. The summed E-state index contributed by atoms with van der Waals surface area (Å²) in [4.78, 5) is 0. The SMILES string of the molecule is CC(C)c1ccc(C(C)(C)CNCC(O)CN)cc1.